The number of ether oxygens (including phenoxy) is 3. The number of aromatic nitrogens is 6. The number of cyclic esters (lactones) is 3. The third-order valence-electron chi connectivity index (χ3n) is 15.8. The van der Waals surface area contributed by atoms with Crippen LogP contribution in [0.2, 0.25) is 0 Å². The molecule has 30 nitrogen and oxygen atoms in total. The van der Waals surface area contributed by atoms with Crippen molar-refractivity contribution < 1.29 is 138 Å². The predicted octanol–water partition coefficient (Wildman–Crippen LogP) is 3.88. The molecule has 0 unspecified atom stereocenters. The smallest absolute Gasteiger partial charge is 0.691 e. The van der Waals surface area contributed by atoms with Crippen molar-refractivity contribution in [2.75, 3.05) is 136 Å². The zero-order valence-corrected chi connectivity index (χ0v) is 62.6. The van der Waals surface area contributed by atoms with Crippen LogP contribution in [-0.2, 0) is 72.2 Å². The van der Waals surface area contributed by atoms with Gasteiger partial charge in [0.05, 0.1) is 78.3 Å². The van der Waals surface area contributed by atoms with Crippen LogP contribution in [0.3, 0.4) is 0 Å². The monoisotopic (exact) mass is 1530 g/mol. The summed E-state index contributed by atoms with van der Waals surface area (Å²) >= 11 is 3.89. The number of thioether (sulfide) groups is 2. The Bertz CT molecular complexity index is 3940. The summed E-state index contributed by atoms with van der Waals surface area (Å²) in [6.45, 7) is 8.55. The van der Waals surface area contributed by atoms with E-state index in [1.54, 1.807) is 83.1 Å². The van der Waals surface area contributed by atoms with Gasteiger partial charge in [-0.1, -0.05) is 22.0 Å². The van der Waals surface area contributed by atoms with Gasteiger partial charge in [-0.25, -0.2) is 51.9 Å². The number of hydrogen-bond donors (Lipinski definition) is 1. The summed E-state index contributed by atoms with van der Waals surface area (Å²) in [5.41, 5.74) is 3.94. The molecular weight excluding hydrogens is 1450 g/mol. The molecule has 101 heavy (non-hydrogen) atoms. The first-order chi connectivity index (χ1) is 48.2. The van der Waals surface area contributed by atoms with Gasteiger partial charge in [0.25, 0.3) is 10.1 Å². The van der Waals surface area contributed by atoms with Gasteiger partial charge in [0, 0.05) is 67.8 Å². The van der Waals surface area contributed by atoms with E-state index in [9.17, 15) is 48.6 Å². The maximum atomic E-state index is 14.9. The second-order valence-electron chi connectivity index (χ2n) is 23.1. The molecule has 0 spiro atoms. The number of aryl methyl sites for hydroxylation is 1. The fourth-order valence-corrected chi connectivity index (χ4v) is 15.0. The molecule has 0 saturated carbocycles. The molecule has 542 valence electrons. The van der Waals surface area contributed by atoms with Gasteiger partial charge in [-0.05, 0) is 135 Å². The number of carbonyl (C=O) groups excluding carboxylic acids is 3. The van der Waals surface area contributed by atoms with E-state index in [4.69, 9.17) is 28.2 Å². The number of benzene rings is 4. The van der Waals surface area contributed by atoms with E-state index in [0.717, 1.165) is 99.8 Å². The summed E-state index contributed by atoms with van der Waals surface area (Å²) in [6, 6.07) is 20.8. The van der Waals surface area contributed by atoms with Crippen LogP contribution in [0.5, 0.6) is 0 Å². The topological polar surface area (TPSA) is 341 Å². The van der Waals surface area contributed by atoms with Crippen molar-refractivity contribution in [2.24, 2.45) is 9.98 Å². The number of carbonyl (C=O) groups is 3. The van der Waals surface area contributed by atoms with Crippen molar-refractivity contribution in [1.82, 2.24) is 29.5 Å². The standard InChI is InChI=1S/C23H27FN2O5S2.C18H22FN5O3S.C18H22FN5O2S.C3H4N2.K.H2O6S/c1-17-4-7-20(8-5-17)33(28,29)30-16-19-15-26(23(27)31-19)18-6-9-22(21(24)14-18)25-10-2-12-32-13-3-11-25;19-16-9-14(3-4-17(16)22-5-1-7-28(26)8-2-6-22)24-11-15(27-18(24)25)10-23-13-20-12-21-23;19-16-9-14(3-4-17(16)22-5-1-7-27-8-2-6-22)24-11-15(26-18(24)25)10-23-13-20-12-21-23;1-2-5-3-4-1;;1-5-6-7(2,3)4/h4-9,14,19H,2-3,10-13,15-16H2,1H3;3-4,9,12-13,15H,1-2,5-8,10-11H2;3-4,9,12-13,15H,1-2,5-8,10-11H2;1,3H,2H2;;1H,(H,2,3,4)/q;;;;+1;/p-1/t19-;2*15-;;;/m100.../s1. The van der Waals surface area contributed by atoms with E-state index in [-0.39, 0.29) is 93.3 Å². The average Bonchev–Trinajstić information content (AvgIpc) is 1.77. The summed E-state index contributed by atoms with van der Waals surface area (Å²) in [7, 11) is -9.44. The van der Waals surface area contributed by atoms with Gasteiger partial charge in [0.1, 0.15) is 74.0 Å². The molecule has 7 aliphatic rings. The van der Waals surface area contributed by atoms with Gasteiger partial charge in [0.2, 0.25) is 0 Å². The van der Waals surface area contributed by atoms with E-state index >= 15 is 0 Å². The Labute approximate surface area is 636 Å². The number of nitrogens with zero attached hydrogens (tertiary/aromatic N) is 14. The second kappa shape index (κ2) is 40.1. The molecule has 4 aromatic carbocycles. The normalized spacial score (nSPS) is 19.7. The van der Waals surface area contributed by atoms with Crippen LogP contribution >= 0.6 is 23.5 Å². The molecule has 39 heteroatoms. The first-order valence-corrected chi connectivity index (χ1v) is 38.4. The van der Waals surface area contributed by atoms with Gasteiger partial charge in [-0.2, -0.15) is 50.6 Å². The van der Waals surface area contributed by atoms with Crippen LogP contribution in [0.25, 0.3) is 0 Å². The average molecular weight is 1530 g/mol. The Morgan fingerprint density at radius 1 is 0.604 bits per heavy atom. The number of anilines is 6. The van der Waals surface area contributed by atoms with Crippen LogP contribution in [0.4, 0.5) is 61.7 Å². The maximum absolute atomic E-state index is 14.9. The Hall–Kier alpha value is -6.31. The second-order valence-corrected chi connectivity index (χ2v) is 29.8. The Morgan fingerprint density at radius 3 is 1.35 bits per heavy atom. The molecule has 7 aliphatic heterocycles. The Balaban J connectivity index is 0.000000177. The first-order valence-electron chi connectivity index (χ1n) is 31.8. The molecule has 9 heterocycles. The van der Waals surface area contributed by atoms with Crippen molar-refractivity contribution in [1.29, 1.82) is 0 Å². The maximum Gasteiger partial charge on any atom is 1.00 e. The molecule has 3 amide bonds. The molecular formula is C62H76F3KN14O16S5. The number of amides is 3. The van der Waals surface area contributed by atoms with Crippen molar-refractivity contribution in [3.63, 3.8) is 0 Å². The molecule has 6 fully saturated rings. The molecule has 3 atom stereocenters. The molecule has 0 aliphatic carbocycles. The van der Waals surface area contributed by atoms with Crippen molar-refractivity contribution in [3.8, 4) is 0 Å². The summed E-state index contributed by atoms with van der Waals surface area (Å²) < 4.78 is 134. The van der Waals surface area contributed by atoms with E-state index in [2.05, 4.69) is 44.4 Å². The molecule has 6 aromatic rings. The zero-order chi connectivity index (χ0) is 71.0. The summed E-state index contributed by atoms with van der Waals surface area (Å²) in [4.78, 5) is 62.3. The molecule has 0 radical (unpaired) electrons. The fourth-order valence-electron chi connectivity index (χ4n) is 11.1. The molecule has 2 aromatic heterocycles. The quantitative estimate of drug-likeness (QED) is 0.0359. The minimum Gasteiger partial charge on any atom is -0.691 e. The van der Waals surface area contributed by atoms with Gasteiger partial charge < -0.3 is 34.2 Å². The Morgan fingerprint density at radius 2 is 1.01 bits per heavy atom. The summed E-state index contributed by atoms with van der Waals surface area (Å²) in [5.74, 6) is 4.62. The number of hydrogen-bond acceptors (Lipinski definition) is 26. The number of aliphatic imine (C=N–C) groups is 2. The Kier molecular flexibility index (Phi) is 31.9. The zero-order valence-electron chi connectivity index (χ0n) is 55.4. The van der Waals surface area contributed by atoms with Crippen LogP contribution in [-0.4, -0.2) is 211 Å². The van der Waals surface area contributed by atoms with Crippen LogP contribution in [0, 0.1) is 24.4 Å². The molecule has 0 bridgehead atoms. The summed E-state index contributed by atoms with van der Waals surface area (Å²) in [6.07, 6.45) is 11.8. The third kappa shape index (κ3) is 24.9. The molecule has 13 rings (SSSR count). The van der Waals surface area contributed by atoms with E-state index < -0.39 is 61.5 Å². The van der Waals surface area contributed by atoms with Gasteiger partial charge in [-0.3, -0.25) is 37.7 Å². The van der Waals surface area contributed by atoms with Gasteiger partial charge in [-0.15, -0.1) is 0 Å². The van der Waals surface area contributed by atoms with E-state index in [1.165, 1.54) is 57.7 Å². The van der Waals surface area contributed by atoms with Crippen molar-refractivity contribution >= 4 is 120 Å². The number of rotatable bonds is 16. The third-order valence-corrected chi connectivity index (χ3v) is 21.1. The van der Waals surface area contributed by atoms with Crippen LogP contribution < -0.4 is 86.0 Å². The first kappa shape index (κ1) is 80.4. The largest absolute Gasteiger partial charge is 1.00 e. The van der Waals surface area contributed by atoms with Gasteiger partial charge in [0.15, 0.2) is 0 Å². The van der Waals surface area contributed by atoms with E-state index in [1.807, 2.05) is 40.2 Å². The molecule has 6 saturated heterocycles. The van der Waals surface area contributed by atoms with Gasteiger partial charge >= 0.3 is 80.1 Å². The molecule has 1 N–H and O–H groups in total. The van der Waals surface area contributed by atoms with E-state index in [0.29, 0.717) is 84.9 Å². The minimum atomic E-state index is -4.71. The minimum absolute atomic E-state index is 0. The van der Waals surface area contributed by atoms with Crippen LogP contribution in [0.1, 0.15) is 44.1 Å². The summed E-state index contributed by atoms with van der Waals surface area (Å²) in [5, 5.41) is 19.0. The number of halogens is 3. The van der Waals surface area contributed by atoms with Crippen molar-refractivity contribution in [3.05, 3.63) is 127 Å². The van der Waals surface area contributed by atoms with Crippen LogP contribution in [0.15, 0.2) is 119 Å². The predicted molar refractivity (Wildman–Crippen MR) is 369 cm³/mol. The SMILES string of the molecule is C1=NC=NC1.Cc1ccc(S(=O)(=O)OC[C@H]2CN(c3ccc(N4CCCSCCC4)c(F)c3)C(=O)O2)cc1.O=C1O[C@@H](Cn2cncn2)CN1c1ccc(N2CCCS(=O)CCC2)c(F)c1.O=C1O[C@@H](Cn2cncn2)CN1c1ccc(N2CCCSCCC2)c(F)c1.O=S(=O)(O)OO[O-].[K+]. The van der Waals surface area contributed by atoms with Crippen molar-refractivity contribution in [2.45, 2.75) is 81.7 Å². The fraction of sp³-hybridized carbons (Fsp3) is 0.468.